The molecule has 3 aromatic rings. The van der Waals surface area contributed by atoms with Gasteiger partial charge >= 0.3 is 0 Å². The third-order valence-electron chi connectivity index (χ3n) is 12.5. The maximum Gasteiger partial charge on any atom is 0.238 e. The van der Waals surface area contributed by atoms with Crippen molar-refractivity contribution in [1.29, 1.82) is 0 Å². The second-order valence-corrected chi connectivity index (χ2v) is 20.3. The standard InChI is InChI=1S/C44H61FN4O3S/c1-30-39-23-35(44(39,5)6)24-40(30)46-42(50)41-20-21-53(51,52)49(41)27-32-13-11-12-31(22-32)26-48(37(29-47(7)8)25-43(2,3)4)28-34-14-9-10-15-38(34)33-16-18-36(45)19-17-33/h9-19,22,30,35,37,39-41H,20-21,23-29H2,1-8H3,(H,46,50)/t30-,35+,37-,39-,40-,41?/m0/s1. The van der Waals surface area contributed by atoms with Crippen LogP contribution in [0.1, 0.15) is 83.9 Å². The molecular formula is C44H61FN4O3S. The number of amides is 1. The van der Waals surface area contributed by atoms with Gasteiger partial charge in [0.2, 0.25) is 15.9 Å². The van der Waals surface area contributed by atoms with Gasteiger partial charge in [-0.3, -0.25) is 9.69 Å². The molecule has 1 unspecified atom stereocenters. The minimum atomic E-state index is -3.58. The van der Waals surface area contributed by atoms with Crippen molar-refractivity contribution in [2.24, 2.45) is 28.6 Å². The normalized spacial score (nSPS) is 25.7. The van der Waals surface area contributed by atoms with Crippen LogP contribution in [0.2, 0.25) is 0 Å². The Morgan fingerprint density at radius 2 is 1.68 bits per heavy atom. The lowest BCUT2D eigenvalue weighted by atomic mass is 9.45. The molecule has 7 rings (SSSR count). The van der Waals surface area contributed by atoms with E-state index in [4.69, 9.17) is 0 Å². The number of fused-ring (bicyclic) bond motifs is 2. The number of benzene rings is 3. The van der Waals surface area contributed by atoms with E-state index in [-0.39, 0.29) is 41.5 Å². The Labute approximate surface area is 318 Å². The fraction of sp³-hybridized carbons (Fsp3) is 0.568. The number of nitrogens with one attached hydrogen (secondary N) is 1. The Hall–Kier alpha value is -3.11. The van der Waals surface area contributed by atoms with Gasteiger partial charge in [0.1, 0.15) is 11.9 Å². The SMILES string of the molecule is C[C@@H]1[C@@H](NC(=O)C2CCS(=O)(=O)N2Cc2cccc(CN(Cc3ccccc3-c3ccc(F)cc3)[C@H](CN(C)C)CC(C)(C)C)c2)C[C@H]2C[C@@H]1C2(C)C. The van der Waals surface area contributed by atoms with E-state index in [9.17, 15) is 17.6 Å². The van der Waals surface area contributed by atoms with E-state index < -0.39 is 16.1 Å². The summed E-state index contributed by atoms with van der Waals surface area (Å²) in [6, 6.07) is 22.9. The van der Waals surface area contributed by atoms with E-state index >= 15 is 0 Å². The van der Waals surface area contributed by atoms with Crippen LogP contribution in [0.4, 0.5) is 4.39 Å². The highest BCUT2D eigenvalue weighted by Crippen LogP contribution is 2.61. The number of nitrogens with zero attached hydrogens (tertiary/aromatic N) is 3. The third kappa shape index (κ3) is 9.07. The maximum absolute atomic E-state index is 13.9. The maximum atomic E-state index is 13.9. The Bertz CT molecular complexity index is 1850. The molecule has 2 bridgehead atoms. The molecule has 1 amide bonds. The fourth-order valence-electron chi connectivity index (χ4n) is 9.59. The van der Waals surface area contributed by atoms with E-state index in [1.807, 2.05) is 30.3 Å². The topological polar surface area (TPSA) is 73.0 Å². The highest BCUT2D eigenvalue weighted by Gasteiger charge is 2.56. The first-order chi connectivity index (χ1) is 24.9. The Balaban J connectivity index is 1.24. The van der Waals surface area contributed by atoms with Crippen LogP contribution in [-0.4, -0.2) is 72.9 Å². The van der Waals surface area contributed by atoms with Gasteiger partial charge in [0.15, 0.2) is 0 Å². The zero-order chi connectivity index (χ0) is 38.3. The fourth-order valence-corrected chi connectivity index (χ4v) is 11.3. The summed E-state index contributed by atoms with van der Waals surface area (Å²) in [5, 5.41) is 3.31. The van der Waals surface area contributed by atoms with E-state index in [1.165, 1.54) is 22.9 Å². The van der Waals surface area contributed by atoms with Gasteiger partial charge in [-0.2, -0.15) is 4.31 Å². The van der Waals surface area contributed by atoms with Crippen LogP contribution in [0.15, 0.2) is 72.8 Å². The summed E-state index contributed by atoms with van der Waals surface area (Å²) in [4.78, 5) is 18.6. The molecule has 288 valence electrons. The molecule has 9 heteroatoms. The van der Waals surface area contributed by atoms with Crippen molar-refractivity contribution in [1.82, 2.24) is 19.4 Å². The van der Waals surface area contributed by atoms with Gasteiger partial charge in [-0.15, -0.1) is 0 Å². The predicted molar refractivity (Wildman–Crippen MR) is 213 cm³/mol. The van der Waals surface area contributed by atoms with E-state index in [1.54, 1.807) is 0 Å². The largest absolute Gasteiger partial charge is 0.352 e. The number of hydrogen-bond donors (Lipinski definition) is 1. The van der Waals surface area contributed by atoms with Crippen LogP contribution < -0.4 is 5.32 Å². The molecule has 3 aliphatic carbocycles. The number of hydrogen-bond acceptors (Lipinski definition) is 5. The van der Waals surface area contributed by atoms with Crippen LogP contribution in [-0.2, 0) is 34.5 Å². The molecule has 7 nitrogen and oxygen atoms in total. The minimum Gasteiger partial charge on any atom is -0.352 e. The van der Waals surface area contributed by atoms with Crippen LogP contribution >= 0.6 is 0 Å². The molecule has 1 aliphatic heterocycles. The van der Waals surface area contributed by atoms with Gasteiger partial charge < -0.3 is 10.2 Å². The third-order valence-corrected chi connectivity index (χ3v) is 14.4. The summed E-state index contributed by atoms with van der Waals surface area (Å²) in [5.74, 6) is 1.16. The monoisotopic (exact) mass is 744 g/mol. The van der Waals surface area contributed by atoms with E-state index in [2.05, 4.69) is 101 Å². The lowest BCUT2D eigenvalue weighted by molar-refractivity contribution is -0.136. The number of carbonyl (C=O) groups is 1. The second-order valence-electron chi connectivity index (χ2n) is 18.3. The summed E-state index contributed by atoms with van der Waals surface area (Å²) in [6.07, 6.45) is 3.48. The molecule has 0 aromatic heterocycles. The summed E-state index contributed by atoms with van der Waals surface area (Å²) < 4.78 is 42.2. The van der Waals surface area contributed by atoms with Gasteiger partial charge in [0.05, 0.1) is 5.75 Å². The van der Waals surface area contributed by atoms with Crippen molar-refractivity contribution in [3.63, 3.8) is 0 Å². The lowest BCUT2D eigenvalue weighted by Crippen LogP contribution is -2.61. The van der Waals surface area contributed by atoms with Gasteiger partial charge in [-0.25, -0.2) is 12.8 Å². The molecule has 53 heavy (non-hydrogen) atoms. The first-order valence-corrected chi connectivity index (χ1v) is 21.1. The molecule has 0 spiro atoms. The Kier molecular flexibility index (Phi) is 11.6. The highest BCUT2D eigenvalue weighted by atomic mass is 32.2. The van der Waals surface area contributed by atoms with Gasteiger partial charge in [0, 0.05) is 38.3 Å². The molecule has 1 heterocycles. The lowest BCUT2D eigenvalue weighted by Gasteiger charge is -2.62. The molecule has 4 aliphatic rings. The van der Waals surface area contributed by atoms with Crippen molar-refractivity contribution in [2.45, 2.75) is 105 Å². The van der Waals surface area contributed by atoms with Crippen molar-refractivity contribution in [2.75, 3.05) is 26.4 Å². The number of sulfonamides is 1. The van der Waals surface area contributed by atoms with Crippen molar-refractivity contribution < 1.29 is 17.6 Å². The Morgan fingerprint density at radius 1 is 0.981 bits per heavy atom. The molecule has 3 saturated carbocycles. The average Bonchev–Trinajstić information content (AvgIpc) is 3.38. The summed E-state index contributed by atoms with van der Waals surface area (Å²) in [6.45, 7) is 16.2. The number of carbonyl (C=O) groups excluding carboxylic acids is 1. The van der Waals surface area contributed by atoms with Crippen LogP contribution in [0.3, 0.4) is 0 Å². The summed E-state index contributed by atoms with van der Waals surface area (Å²) in [7, 11) is 0.648. The highest BCUT2D eigenvalue weighted by molar-refractivity contribution is 7.89. The van der Waals surface area contributed by atoms with Gasteiger partial charge in [-0.05, 0) is 108 Å². The quantitative estimate of drug-likeness (QED) is 0.193. The van der Waals surface area contributed by atoms with Crippen molar-refractivity contribution in [3.05, 3.63) is 95.3 Å². The zero-order valence-corrected chi connectivity index (χ0v) is 33.9. The summed E-state index contributed by atoms with van der Waals surface area (Å²) >= 11 is 0. The Morgan fingerprint density at radius 3 is 2.34 bits per heavy atom. The molecule has 1 N–H and O–H groups in total. The number of halogens is 1. The minimum absolute atomic E-state index is 0.0104. The predicted octanol–water partition coefficient (Wildman–Crippen LogP) is 7.95. The zero-order valence-electron chi connectivity index (χ0n) is 33.1. The number of likely N-dealkylation sites (N-methyl/N-ethyl adjacent to an activating group) is 1. The molecule has 4 fully saturated rings. The van der Waals surface area contributed by atoms with Crippen molar-refractivity contribution in [3.8, 4) is 11.1 Å². The molecular weight excluding hydrogens is 684 g/mol. The molecule has 6 atom stereocenters. The second kappa shape index (κ2) is 15.6. The first kappa shape index (κ1) is 39.6. The van der Waals surface area contributed by atoms with E-state index in [0.29, 0.717) is 42.7 Å². The van der Waals surface area contributed by atoms with Crippen LogP contribution in [0, 0.1) is 34.4 Å². The number of rotatable bonds is 13. The average molecular weight is 745 g/mol. The molecule has 0 radical (unpaired) electrons. The molecule has 3 aromatic carbocycles. The summed E-state index contributed by atoms with van der Waals surface area (Å²) in [5.41, 5.74) is 5.60. The first-order valence-electron chi connectivity index (χ1n) is 19.5. The molecule has 1 saturated heterocycles. The van der Waals surface area contributed by atoms with Crippen molar-refractivity contribution >= 4 is 15.9 Å². The van der Waals surface area contributed by atoms with Crippen LogP contribution in [0.5, 0.6) is 0 Å². The smallest absolute Gasteiger partial charge is 0.238 e. The van der Waals surface area contributed by atoms with Gasteiger partial charge in [0.25, 0.3) is 0 Å². The van der Waals surface area contributed by atoms with Gasteiger partial charge in [-0.1, -0.05) is 102 Å². The van der Waals surface area contributed by atoms with Crippen LogP contribution in [0.25, 0.3) is 11.1 Å². The van der Waals surface area contributed by atoms with E-state index in [0.717, 1.165) is 47.2 Å².